The van der Waals surface area contributed by atoms with Crippen molar-refractivity contribution in [3.63, 3.8) is 0 Å². The van der Waals surface area contributed by atoms with Crippen molar-refractivity contribution in [3.8, 4) is 5.75 Å². The molecule has 0 saturated carbocycles. The van der Waals surface area contributed by atoms with E-state index in [-0.39, 0.29) is 11.4 Å². The molecule has 0 unspecified atom stereocenters. The van der Waals surface area contributed by atoms with Gasteiger partial charge in [-0.05, 0) is 24.1 Å². The second-order valence-electron chi connectivity index (χ2n) is 2.95. The molecule has 0 amide bonds. The van der Waals surface area contributed by atoms with Gasteiger partial charge in [-0.15, -0.1) is 0 Å². The molecule has 1 aromatic carbocycles. The standard InChI is InChI=1S/C9H10N4O3/c1-2-5-16-9-6-7(11-12-10)3-4-8(9)13(14)15/h3-4,6H,2,5H2,1H3. The van der Waals surface area contributed by atoms with Gasteiger partial charge in [-0.2, -0.15) is 0 Å². The van der Waals surface area contributed by atoms with E-state index >= 15 is 0 Å². The molecule has 0 aliphatic carbocycles. The second kappa shape index (κ2) is 5.57. The van der Waals surface area contributed by atoms with Crippen molar-refractivity contribution in [2.75, 3.05) is 6.61 Å². The maximum Gasteiger partial charge on any atom is 0.310 e. The van der Waals surface area contributed by atoms with Crippen LogP contribution in [-0.2, 0) is 0 Å². The van der Waals surface area contributed by atoms with E-state index in [0.29, 0.717) is 12.3 Å². The highest BCUT2D eigenvalue weighted by molar-refractivity contribution is 5.55. The fraction of sp³-hybridized carbons (Fsp3) is 0.333. The number of hydrogen-bond donors (Lipinski definition) is 0. The number of ether oxygens (including phenoxy) is 1. The Bertz CT molecular complexity index is 440. The average Bonchev–Trinajstić information content (AvgIpc) is 2.26. The Labute approximate surface area is 91.4 Å². The van der Waals surface area contributed by atoms with Crippen molar-refractivity contribution in [2.45, 2.75) is 13.3 Å². The molecule has 0 N–H and O–H groups in total. The van der Waals surface area contributed by atoms with Crippen LogP contribution < -0.4 is 4.74 Å². The Hall–Kier alpha value is -2.27. The van der Waals surface area contributed by atoms with Crippen molar-refractivity contribution in [1.29, 1.82) is 0 Å². The molecular formula is C9H10N4O3. The summed E-state index contributed by atoms with van der Waals surface area (Å²) in [4.78, 5) is 12.7. The van der Waals surface area contributed by atoms with E-state index in [4.69, 9.17) is 10.3 Å². The number of rotatable bonds is 5. The molecule has 0 bridgehead atoms. The van der Waals surface area contributed by atoms with Crippen molar-refractivity contribution in [1.82, 2.24) is 0 Å². The quantitative estimate of drug-likeness (QED) is 0.251. The van der Waals surface area contributed by atoms with Gasteiger partial charge in [0.05, 0.1) is 11.5 Å². The molecule has 7 nitrogen and oxygen atoms in total. The molecule has 0 heterocycles. The summed E-state index contributed by atoms with van der Waals surface area (Å²) in [6.45, 7) is 2.27. The average molecular weight is 222 g/mol. The predicted molar refractivity (Wildman–Crippen MR) is 57.7 cm³/mol. The molecule has 0 saturated heterocycles. The Morgan fingerprint density at radius 3 is 2.94 bits per heavy atom. The van der Waals surface area contributed by atoms with Crippen LogP contribution in [0.15, 0.2) is 23.3 Å². The molecule has 0 fully saturated rings. The lowest BCUT2D eigenvalue weighted by molar-refractivity contribution is -0.385. The van der Waals surface area contributed by atoms with Gasteiger partial charge < -0.3 is 4.74 Å². The lowest BCUT2D eigenvalue weighted by Gasteiger charge is -2.05. The van der Waals surface area contributed by atoms with Gasteiger partial charge in [0.15, 0.2) is 5.75 Å². The Morgan fingerprint density at radius 2 is 2.38 bits per heavy atom. The number of nitrogens with zero attached hydrogens (tertiary/aromatic N) is 4. The number of hydrogen-bond acceptors (Lipinski definition) is 4. The van der Waals surface area contributed by atoms with Gasteiger partial charge in [0.1, 0.15) is 0 Å². The van der Waals surface area contributed by atoms with E-state index in [1.165, 1.54) is 18.2 Å². The molecule has 1 rings (SSSR count). The third-order valence-electron chi connectivity index (χ3n) is 1.76. The van der Waals surface area contributed by atoms with Crippen LogP contribution >= 0.6 is 0 Å². The normalized spacial score (nSPS) is 9.31. The van der Waals surface area contributed by atoms with E-state index in [1.807, 2.05) is 6.92 Å². The van der Waals surface area contributed by atoms with Gasteiger partial charge in [-0.25, -0.2) is 0 Å². The van der Waals surface area contributed by atoms with Crippen LogP contribution in [0.5, 0.6) is 5.75 Å². The second-order valence-corrected chi connectivity index (χ2v) is 2.95. The first-order valence-corrected chi connectivity index (χ1v) is 4.65. The maximum absolute atomic E-state index is 10.7. The molecule has 7 heteroatoms. The summed E-state index contributed by atoms with van der Waals surface area (Å²) in [5.74, 6) is 0.122. The van der Waals surface area contributed by atoms with Crippen LogP contribution in [-0.4, -0.2) is 11.5 Å². The van der Waals surface area contributed by atoms with Gasteiger partial charge in [0.2, 0.25) is 0 Å². The lowest BCUT2D eigenvalue weighted by Crippen LogP contribution is -1.99. The van der Waals surface area contributed by atoms with E-state index in [9.17, 15) is 10.1 Å². The molecule has 16 heavy (non-hydrogen) atoms. The van der Waals surface area contributed by atoms with E-state index in [0.717, 1.165) is 6.42 Å². The summed E-state index contributed by atoms with van der Waals surface area (Å²) in [6, 6.07) is 3.99. The summed E-state index contributed by atoms with van der Waals surface area (Å²) in [7, 11) is 0. The minimum atomic E-state index is -0.537. The third kappa shape index (κ3) is 2.86. The molecule has 0 atom stereocenters. The monoisotopic (exact) mass is 222 g/mol. The summed E-state index contributed by atoms with van der Waals surface area (Å²) in [5.41, 5.74) is 8.41. The fourth-order valence-electron chi connectivity index (χ4n) is 1.10. The smallest absolute Gasteiger partial charge is 0.310 e. The van der Waals surface area contributed by atoms with Crippen molar-refractivity contribution in [2.24, 2.45) is 5.11 Å². The first-order valence-electron chi connectivity index (χ1n) is 4.65. The molecular weight excluding hydrogens is 212 g/mol. The van der Waals surface area contributed by atoms with E-state index in [2.05, 4.69) is 10.0 Å². The third-order valence-corrected chi connectivity index (χ3v) is 1.76. The molecule has 0 aromatic heterocycles. The number of nitro benzene ring substituents is 1. The highest BCUT2D eigenvalue weighted by Crippen LogP contribution is 2.31. The van der Waals surface area contributed by atoms with Crippen molar-refractivity contribution < 1.29 is 9.66 Å². The van der Waals surface area contributed by atoms with Crippen LogP contribution in [0.4, 0.5) is 11.4 Å². The Morgan fingerprint density at radius 1 is 1.62 bits per heavy atom. The van der Waals surface area contributed by atoms with E-state index < -0.39 is 4.92 Å². The maximum atomic E-state index is 10.7. The number of benzene rings is 1. The van der Waals surface area contributed by atoms with Crippen LogP contribution in [0.25, 0.3) is 10.4 Å². The Kier molecular flexibility index (Phi) is 4.11. The highest BCUT2D eigenvalue weighted by atomic mass is 16.6. The molecule has 1 aromatic rings. The van der Waals surface area contributed by atoms with Crippen LogP contribution in [0.1, 0.15) is 13.3 Å². The summed E-state index contributed by atoms with van der Waals surface area (Å²) < 4.78 is 5.21. The van der Waals surface area contributed by atoms with Gasteiger partial charge in [-0.3, -0.25) is 10.1 Å². The Balaban J connectivity index is 3.09. The summed E-state index contributed by atoms with van der Waals surface area (Å²) in [5, 5.41) is 14.0. The zero-order valence-electron chi connectivity index (χ0n) is 8.66. The first-order chi connectivity index (χ1) is 7.69. The van der Waals surface area contributed by atoms with Gasteiger partial charge in [-0.1, -0.05) is 12.0 Å². The molecule has 0 radical (unpaired) electrons. The van der Waals surface area contributed by atoms with Gasteiger partial charge in [0, 0.05) is 16.7 Å². The summed E-state index contributed by atoms with van der Waals surface area (Å²) in [6.07, 6.45) is 0.739. The van der Waals surface area contributed by atoms with E-state index in [1.54, 1.807) is 0 Å². The van der Waals surface area contributed by atoms with Crippen molar-refractivity contribution in [3.05, 3.63) is 38.8 Å². The lowest BCUT2D eigenvalue weighted by atomic mass is 10.2. The van der Waals surface area contributed by atoms with Crippen LogP contribution in [0.3, 0.4) is 0 Å². The molecule has 84 valence electrons. The van der Waals surface area contributed by atoms with Gasteiger partial charge >= 0.3 is 5.69 Å². The molecule has 0 aliphatic heterocycles. The van der Waals surface area contributed by atoms with Crippen LogP contribution in [0, 0.1) is 10.1 Å². The zero-order chi connectivity index (χ0) is 12.0. The number of nitro groups is 1. The van der Waals surface area contributed by atoms with Crippen molar-refractivity contribution >= 4 is 11.4 Å². The first kappa shape index (κ1) is 11.8. The topological polar surface area (TPSA) is 101 Å². The fourth-order valence-corrected chi connectivity index (χ4v) is 1.10. The highest BCUT2D eigenvalue weighted by Gasteiger charge is 2.14. The zero-order valence-corrected chi connectivity index (χ0v) is 8.66. The largest absolute Gasteiger partial charge is 0.487 e. The molecule has 0 spiro atoms. The predicted octanol–water partition coefficient (Wildman–Crippen LogP) is 3.33. The molecule has 0 aliphatic rings. The number of azide groups is 1. The summed E-state index contributed by atoms with van der Waals surface area (Å²) >= 11 is 0. The minimum absolute atomic E-state index is 0.122. The van der Waals surface area contributed by atoms with Crippen LogP contribution in [0.2, 0.25) is 0 Å². The van der Waals surface area contributed by atoms with Gasteiger partial charge in [0.25, 0.3) is 0 Å². The minimum Gasteiger partial charge on any atom is -0.487 e. The SMILES string of the molecule is CCCOc1cc(N=[N+]=[N-])ccc1[N+](=O)[O-].